The van der Waals surface area contributed by atoms with Crippen LogP contribution in [0.15, 0.2) is 36.8 Å². The molecule has 3 aromatic rings. The molecule has 8 heteroatoms. The fourth-order valence-corrected chi connectivity index (χ4v) is 3.98. The predicted octanol–water partition coefficient (Wildman–Crippen LogP) is 2.75. The molecule has 0 unspecified atom stereocenters. The fourth-order valence-electron chi connectivity index (χ4n) is 3.98. The molecule has 7 nitrogen and oxygen atoms in total. The number of aromatic nitrogens is 4. The van der Waals surface area contributed by atoms with E-state index in [0.717, 1.165) is 30.8 Å². The summed E-state index contributed by atoms with van der Waals surface area (Å²) in [5.74, 6) is 0.156. The Bertz CT molecular complexity index is 1110. The van der Waals surface area contributed by atoms with E-state index in [1.54, 1.807) is 16.8 Å². The molecule has 0 aliphatic carbocycles. The molecule has 5 heterocycles. The fraction of sp³-hybridized carbons (Fsp3) is 0.300. The lowest BCUT2D eigenvalue weighted by molar-refractivity contribution is 0.0948. The molecule has 28 heavy (non-hydrogen) atoms. The number of hydrogen-bond donors (Lipinski definition) is 1. The average Bonchev–Trinajstić information content (AvgIpc) is 3.32. The second-order valence-electron chi connectivity index (χ2n) is 7.21. The number of anilines is 1. The normalized spacial score (nSPS) is 22.8. The maximum absolute atomic E-state index is 14.0. The molecule has 1 fully saturated rings. The Labute approximate surface area is 160 Å². The summed E-state index contributed by atoms with van der Waals surface area (Å²) in [6.45, 7) is 2.68. The minimum Gasteiger partial charge on any atom is -0.349 e. The Morgan fingerprint density at radius 1 is 1.32 bits per heavy atom. The topological polar surface area (TPSA) is 75.4 Å². The van der Waals surface area contributed by atoms with Crippen molar-refractivity contribution in [1.29, 1.82) is 0 Å². The van der Waals surface area contributed by atoms with E-state index in [1.807, 2.05) is 25.1 Å². The predicted molar refractivity (Wildman–Crippen MR) is 102 cm³/mol. The molecule has 0 aromatic carbocycles. The SMILES string of the molecule is C[C@@H]1/C=C/c2ncc(F)cc2[C@H]2CCCN2c2ccn3ncc(c3n2)C(=O)N1. The lowest BCUT2D eigenvalue weighted by Gasteiger charge is -2.27. The number of nitrogens with one attached hydrogen (secondary N) is 1. The van der Waals surface area contributed by atoms with E-state index in [9.17, 15) is 9.18 Å². The maximum atomic E-state index is 14.0. The van der Waals surface area contributed by atoms with Crippen LogP contribution in [0.5, 0.6) is 0 Å². The van der Waals surface area contributed by atoms with Gasteiger partial charge < -0.3 is 10.2 Å². The van der Waals surface area contributed by atoms with E-state index in [-0.39, 0.29) is 23.8 Å². The summed E-state index contributed by atoms with van der Waals surface area (Å²) >= 11 is 0. The van der Waals surface area contributed by atoms with Gasteiger partial charge in [-0.15, -0.1) is 0 Å². The highest BCUT2D eigenvalue weighted by molar-refractivity contribution is 6.00. The number of amides is 1. The van der Waals surface area contributed by atoms with Gasteiger partial charge in [0.25, 0.3) is 5.91 Å². The van der Waals surface area contributed by atoms with Crippen LogP contribution in [-0.2, 0) is 0 Å². The quantitative estimate of drug-likeness (QED) is 0.651. The largest absolute Gasteiger partial charge is 0.349 e. The van der Waals surface area contributed by atoms with Crippen LogP contribution in [0.2, 0.25) is 0 Å². The molecule has 0 radical (unpaired) electrons. The van der Waals surface area contributed by atoms with Gasteiger partial charge in [-0.3, -0.25) is 9.78 Å². The van der Waals surface area contributed by atoms with Crippen molar-refractivity contribution in [2.75, 3.05) is 11.4 Å². The van der Waals surface area contributed by atoms with Crippen LogP contribution in [0, 0.1) is 5.82 Å². The number of halogens is 1. The zero-order valence-electron chi connectivity index (χ0n) is 15.3. The molecular formula is C20H19FN6O. The number of pyridine rings is 1. The summed E-state index contributed by atoms with van der Waals surface area (Å²) in [5, 5.41) is 7.17. The molecular weight excluding hydrogens is 359 g/mol. The van der Waals surface area contributed by atoms with Crippen molar-refractivity contribution in [3.63, 3.8) is 0 Å². The third kappa shape index (κ3) is 2.72. The summed E-state index contributed by atoms with van der Waals surface area (Å²) in [6, 6.07) is 3.18. The minimum atomic E-state index is -0.355. The molecule has 142 valence electrons. The van der Waals surface area contributed by atoms with E-state index >= 15 is 0 Å². The molecule has 1 saturated heterocycles. The van der Waals surface area contributed by atoms with Crippen LogP contribution in [0.4, 0.5) is 10.2 Å². The highest BCUT2D eigenvalue weighted by atomic mass is 19.1. The molecule has 1 N–H and O–H groups in total. The van der Waals surface area contributed by atoms with Gasteiger partial charge in [-0.25, -0.2) is 13.9 Å². The Hall–Kier alpha value is -3.29. The summed E-state index contributed by atoms with van der Waals surface area (Å²) in [4.78, 5) is 23.9. The minimum absolute atomic E-state index is 0.0242. The van der Waals surface area contributed by atoms with Crippen LogP contribution >= 0.6 is 0 Å². The first-order valence-electron chi connectivity index (χ1n) is 9.36. The van der Waals surface area contributed by atoms with E-state index in [4.69, 9.17) is 4.98 Å². The van der Waals surface area contributed by atoms with Crippen molar-refractivity contribution in [3.8, 4) is 0 Å². The van der Waals surface area contributed by atoms with E-state index < -0.39 is 0 Å². The van der Waals surface area contributed by atoms with E-state index in [2.05, 4.69) is 20.3 Å². The first-order valence-corrected chi connectivity index (χ1v) is 9.36. The van der Waals surface area contributed by atoms with Crippen molar-refractivity contribution in [3.05, 3.63) is 59.4 Å². The summed E-state index contributed by atoms with van der Waals surface area (Å²) in [6.07, 6.45) is 10.1. The summed E-state index contributed by atoms with van der Waals surface area (Å²) < 4.78 is 15.6. The lowest BCUT2D eigenvalue weighted by Crippen LogP contribution is -2.31. The zero-order chi connectivity index (χ0) is 19.3. The molecule has 0 spiro atoms. The Morgan fingerprint density at radius 2 is 2.21 bits per heavy atom. The molecule has 5 rings (SSSR count). The number of rotatable bonds is 0. The van der Waals surface area contributed by atoms with Gasteiger partial charge >= 0.3 is 0 Å². The third-order valence-corrected chi connectivity index (χ3v) is 5.32. The van der Waals surface area contributed by atoms with Gasteiger partial charge in [-0.05, 0) is 38.0 Å². The van der Waals surface area contributed by atoms with Gasteiger partial charge in [-0.2, -0.15) is 5.10 Å². The smallest absolute Gasteiger partial charge is 0.257 e. The standard InChI is InChI=1S/C20H19FN6O/c1-12-4-5-16-14(9-13(21)10-22-16)17-3-2-7-26(17)18-6-8-27-19(25-18)15(11-23-27)20(28)24-12/h4-6,8-12,17H,2-3,7H2,1H3,(H,24,28)/b5-4+/t12-,17-/m1/s1. The van der Waals surface area contributed by atoms with E-state index in [0.29, 0.717) is 16.9 Å². The molecule has 2 bridgehead atoms. The van der Waals surface area contributed by atoms with Crippen molar-refractivity contribution < 1.29 is 9.18 Å². The molecule has 0 saturated carbocycles. The van der Waals surface area contributed by atoms with E-state index in [1.165, 1.54) is 12.4 Å². The number of hydrogen-bond acceptors (Lipinski definition) is 5. The van der Waals surface area contributed by atoms with Crippen LogP contribution in [0.3, 0.4) is 0 Å². The molecule has 2 aliphatic rings. The van der Waals surface area contributed by atoms with Crippen molar-refractivity contribution in [2.45, 2.75) is 31.8 Å². The molecule has 3 aromatic heterocycles. The molecule has 1 amide bonds. The Balaban J connectivity index is 1.73. The number of carbonyl (C=O) groups is 1. The second kappa shape index (κ2) is 6.40. The lowest BCUT2D eigenvalue weighted by atomic mass is 10.0. The van der Waals surface area contributed by atoms with Crippen LogP contribution in [-0.4, -0.2) is 38.1 Å². The highest BCUT2D eigenvalue weighted by Gasteiger charge is 2.30. The monoisotopic (exact) mass is 378 g/mol. The second-order valence-corrected chi connectivity index (χ2v) is 7.21. The van der Waals surface area contributed by atoms with Crippen molar-refractivity contribution in [1.82, 2.24) is 24.9 Å². The van der Waals surface area contributed by atoms with Gasteiger partial charge in [-0.1, -0.05) is 6.08 Å². The molecule has 2 aliphatic heterocycles. The number of fused-ring (bicyclic) bond motifs is 5. The number of carbonyl (C=O) groups excluding carboxylic acids is 1. The first-order chi connectivity index (χ1) is 13.6. The maximum Gasteiger partial charge on any atom is 0.257 e. The third-order valence-electron chi connectivity index (χ3n) is 5.32. The van der Waals surface area contributed by atoms with Crippen LogP contribution in [0.25, 0.3) is 11.7 Å². The van der Waals surface area contributed by atoms with Crippen molar-refractivity contribution in [2.24, 2.45) is 0 Å². The van der Waals surface area contributed by atoms with Gasteiger partial charge in [0, 0.05) is 24.3 Å². The number of nitrogens with zero attached hydrogens (tertiary/aromatic N) is 5. The van der Waals surface area contributed by atoms with Crippen LogP contribution < -0.4 is 10.2 Å². The summed E-state index contributed by atoms with van der Waals surface area (Å²) in [5.41, 5.74) is 2.48. The van der Waals surface area contributed by atoms with Gasteiger partial charge in [0.1, 0.15) is 17.2 Å². The summed E-state index contributed by atoms with van der Waals surface area (Å²) in [7, 11) is 0. The average molecular weight is 378 g/mol. The van der Waals surface area contributed by atoms with Gasteiger partial charge in [0.15, 0.2) is 5.65 Å². The van der Waals surface area contributed by atoms with Crippen molar-refractivity contribution >= 4 is 23.4 Å². The zero-order valence-corrected chi connectivity index (χ0v) is 15.3. The van der Waals surface area contributed by atoms with Gasteiger partial charge in [0.05, 0.1) is 24.1 Å². The van der Waals surface area contributed by atoms with Gasteiger partial charge in [0.2, 0.25) is 0 Å². The molecule has 2 atom stereocenters. The highest BCUT2D eigenvalue weighted by Crippen LogP contribution is 2.37. The Morgan fingerprint density at radius 3 is 3.11 bits per heavy atom. The first kappa shape index (κ1) is 16.9. The van der Waals surface area contributed by atoms with Crippen LogP contribution in [0.1, 0.15) is 47.4 Å². The Kier molecular flexibility index (Phi) is 3.85.